The average molecular weight is 378 g/mol. The highest BCUT2D eigenvalue weighted by Gasteiger charge is 2.22. The van der Waals surface area contributed by atoms with Crippen molar-refractivity contribution >= 4 is 17.8 Å². The lowest BCUT2D eigenvalue weighted by Gasteiger charge is -2.20. The standard InChI is InChI=1S/C20H30N2O5/c1-12(2)18(21-5)20(26)27-17-8-6-15(7-9-17)11-16(22-14(4)23)10-13(3)19(24)25/h6-9,12-13,16,18,21H,10-11H2,1-5H3,(H,22,23)(H,24,25). The van der Waals surface area contributed by atoms with E-state index in [1.165, 1.54) is 6.92 Å². The van der Waals surface area contributed by atoms with E-state index in [-0.39, 0.29) is 29.9 Å². The Morgan fingerprint density at radius 1 is 1.11 bits per heavy atom. The Hall–Kier alpha value is -2.41. The van der Waals surface area contributed by atoms with Crippen molar-refractivity contribution in [2.24, 2.45) is 11.8 Å². The number of carbonyl (C=O) groups excluding carboxylic acids is 2. The number of carboxylic acid groups (broad SMARTS) is 1. The van der Waals surface area contributed by atoms with Crippen molar-refractivity contribution in [1.29, 1.82) is 0 Å². The molecule has 0 radical (unpaired) electrons. The molecule has 0 aliphatic heterocycles. The van der Waals surface area contributed by atoms with Crippen molar-refractivity contribution in [3.63, 3.8) is 0 Å². The van der Waals surface area contributed by atoms with E-state index in [0.29, 0.717) is 18.6 Å². The zero-order chi connectivity index (χ0) is 20.6. The van der Waals surface area contributed by atoms with Crippen molar-refractivity contribution < 1.29 is 24.2 Å². The molecule has 0 saturated heterocycles. The lowest BCUT2D eigenvalue weighted by Crippen LogP contribution is -2.41. The van der Waals surface area contributed by atoms with Crippen LogP contribution in [0.25, 0.3) is 0 Å². The van der Waals surface area contributed by atoms with E-state index in [2.05, 4.69) is 10.6 Å². The van der Waals surface area contributed by atoms with Gasteiger partial charge in [-0.1, -0.05) is 32.9 Å². The van der Waals surface area contributed by atoms with Crippen LogP contribution in [-0.2, 0) is 20.8 Å². The van der Waals surface area contributed by atoms with Crippen molar-refractivity contribution in [1.82, 2.24) is 10.6 Å². The molecule has 3 atom stereocenters. The zero-order valence-electron chi connectivity index (χ0n) is 16.6. The number of aliphatic carboxylic acids is 1. The van der Waals surface area contributed by atoms with Gasteiger partial charge in [-0.15, -0.1) is 0 Å². The van der Waals surface area contributed by atoms with Gasteiger partial charge in [-0.05, 0) is 43.5 Å². The number of amides is 1. The first-order chi connectivity index (χ1) is 12.6. The van der Waals surface area contributed by atoms with E-state index in [4.69, 9.17) is 9.84 Å². The quantitative estimate of drug-likeness (QED) is 0.425. The molecule has 1 amide bonds. The van der Waals surface area contributed by atoms with E-state index in [1.54, 1.807) is 26.1 Å². The van der Waals surface area contributed by atoms with Crippen LogP contribution in [0.15, 0.2) is 24.3 Å². The van der Waals surface area contributed by atoms with E-state index >= 15 is 0 Å². The third-order valence-electron chi connectivity index (χ3n) is 4.32. The molecule has 7 heteroatoms. The molecular weight excluding hydrogens is 348 g/mol. The van der Waals surface area contributed by atoms with Crippen molar-refractivity contribution in [3.8, 4) is 5.75 Å². The maximum Gasteiger partial charge on any atom is 0.328 e. The molecule has 0 aliphatic carbocycles. The van der Waals surface area contributed by atoms with Gasteiger partial charge in [0.25, 0.3) is 0 Å². The van der Waals surface area contributed by atoms with Crippen LogP contribution in [0.5, 0.6) is 5.75 Å². The Kier molecular flexibility index (Phi) is 8.94. The number of benzene rings is 1. The van der Waals surface area contributed by atoms with Gasteiger partial charge >= 0.3 is 11.9 Å². The van der Waals surface area contributed by atoms with E-state index in [1.807, 2.05) is 26.0 Å². The first kappa shape index (κ1) is 22.6. The van der Waals surface area contributed by atoms with Gasteiger partial charge in [0.1, 0.15) is 11.8 Å². The van der Waals surface area contributed by atoms with Crippen molar-refractivity contribution in [2.45, 2.75) is 52.6 Å². The largest absolute Gasteiger partial charge is 0.481 e. The second-order valence-corrected chi connectivity index (χ2v) is 7.15. The summed E-state index contributed by atoms with van der Waals surface area (Å²) < 4.78 is 5.40. The molecule has 27 heavy (non-hydrogen) atoms. The summed E-state index contributed by atoms with van der Waals surface area (Å²) in [5.74, 6) is -1.44. The van der Waals surface area contributed by atoms with Gasteiger partial charge in [0.2, 0.25) is 5.91 Å². The molecular formula is C20H30N2O5. The topological polar surface area (TPSA) is 105 Å². The summed E-state index contributed by atoms with van der Waals surface area (Å²) in [6, 6.07) is 6.36. The highest BCUT2D eigenvalue weighted by molar-refractivity contribution is 5.78. The van der Waals surface area contributed by atoms with Gasteiger partial charge in [-0.25, -0.2) is 4.79 Å². The summed E-state index contributed by atoms with van der Waals surface area (Å²) in [6.45, 7) is 6.90. The van der Waals surface area contributed by atoms with E-state index in [0.717, 1.165) is 5.56 Å². The van der Waals surface area contributed by atoms with Crippen LogP contribution in [0.3, 0.4) is 0 Å². The molecule has 0 spiro atoms. The number of likely N-dealkylation sites (N-methyl/N-ethyl adjacent to an activating group) is 1. The fourth-order valence-electron chi connectivity index (χ4n) is 2.89. The first-order valence-corrected chi connectivity index (χ1v) is 9.11. The smallest absolute Gasteiger partial charge is 0.328 e. The molecule has 3 unspecified atom stereocenters. The van der Waals surface area contributed by atoms with Crippen molar-refractivity contribution in [3.05, 3.63) is 29.8 Å². The number of rotatable bonds is 10. The van der Waals surface area contributed by atoms with Crippen molar-refractivity contribution in [2.75, 3.05) is 7.05 Å². The molecule has 0 aromatic heterocycles. The minimum absolute atomic E-state index is 0.108. The Balaban J connectivity index is 2.76. The Morgan fingerprint density at radius 2 is 1.70 bits per heavy atom. The lowest BCUT2D eigenvalue weighted by atomic mass is 9.96. The molecule has 0 heterocycles. The number of nitrogens with one attached hydrogen (secondary N) is 2. The number of hydrogen-bond acceptors (Lipinski definition) is 5. The fraction of sp³-hybridized carbons (Fsp3) is 0.550. The summed E-state index contributed by atoms with van der Waals surface area (Å²) in [7, 11) is 1.72. The molecule has 0 fully saturated rings. The lowest BCUT2D eigenvalue weighted by molar-refractivity contribution is -0.142. The molecule has 0 aliphatic rings. The summed E-state index contributed by atoms with van der Waals surface area (Å²) in [5.41, 5.74) is 0.917. The SMILES string of the molecule is CNC(C(=O)Oc1ccc(CC(CC(C)C(=O)O)NC(C)=O)cc1)C(C)C. The van der Waals surface area contributed by atoms with Crippen LogP contribution >= 0.6 is 0 Å². The van der Waals surface area contributed by atoms with E-state index < -0.39 is 11.9 Å². The van der Waals surface area contributed by atoms with Crippen LogP contribution in [0.4, 0.5) is 0 Å². The predicted octanol–water partition coefficient (Wildman–Crippen LogP) is 1.99. The number of esters is 1. The minimum atomic E-state index is -0.892. The van der Waals surface area contributed by atoms with Gasteiger partial charge in [-0.3, -0.25) is 9.59 Å². The van der Waals surface area contributed by atoms with Gasteiger partial charge in [-0.2, -0.15) is 0 Å². The fourth-order valence-corrected chi connectivity index (χ4v) is 2.89. The highest BCUT2D eigenvalue weighted by Crippen LogP contribution is 2.17. The summed E-state index contributed by atoms with van der Waals surface area (Å²) in [6.07, 6.45) is 0.834. The van der Waals surface area contributed by atoms with Crippen LogP contribution in [0.1, 0.15) is 39.7 Å². The number of carbonyl (C=O) groups is 3. The Labute approximate surface area is 160 Å². The normalized spacial score (nSPS) is 14.3. The maximum atomic E-state index is 12.2. The minimum Gasteiger partial charge on any atom is -0.481 e. The first-order valence-electron chi connectivity index (χ1n) is 9.11. The predicted molar refractivity (Wildman–Crippen MR) is 102 cm³/mol. The van der Waals surface area contributed by atoms with Crippen LogP contribution in [0.2, 0.25) is 0 Å². The monoisotopic (exact) mass is 378 g/mol. The molecule has 0 bridgehead atoms. The van der Waals surface area contributed by atoms with Crippen LogP contribution in [-0.4, -0.2) is 42.1 Å². The molecule has 7 nitrogen and oxygen atoms in total. The second-order valence-electron chi connectivity index (χ2n) is 7.15. The number of carboxylic acids is 1. The molecule has 3 N–H and O–H groups in total. The molecule has 1 aromatic carbocycles. The molecule has 150 valence electrons. The average Bonchev–Trinajstić information content (AvgIpc) is 2.56. The van der Waals surface area contributed by atoms with Gasteiger partial charge in [0.05, 0.1) is 5.92 Å². The second kappa shape index (κ2) is 10.7. The van der Waals surface area contributed by atoms with Gasteiger partial charge in [0.15, 0.2) is 0 Å². The van der Waals surface area contributed by atoms with E-state index in [9.17, 15) is 14.4 Å². The highest BCUT2D eigenvalue weighted by atomic mass is 16.5. The zero-order valence-corrected chi connectivity index (χ0v) is 16.6. The van der Waals surface area contributed by atoms with Crippen LogP contribution < -0.4 is 15.4 Å². The Morgan fingerprint density at radius 3 is 2.15 bits per heavy atom. The van der Waals surface area contributed by atoms with Gasteiger partial charge in [0, 0.05) is 13.0 Å². The molecule has 1 rings (SSSR count). The maximum absolute atomic E-state index is 12.2. The molecule has 1 aromatic rings. The number of hydrogen-bond donors (Lipinski definition) is 3. The third kappa shape index (κ3) is 7.78. The Bertz CT molecular complexity index is 642. The van der Waals surface area contributed by atoms with Crippen LogP contribution in [0, 0.1) is 11.8 Å². The molecule has 0 saturated carbocycles. The third-order valence-corrected chi connectivity index (χ3v) is 4.32. The summed E-state index contributed by atoms with van der Waals surface area (Å²) in [4.78, 5) is 34.6. The number of ether oxygens (including phenoxy) is 1. The van der Waals surface area contributed by atoms with Gasteiger partial charge < -0.3 is 20.5 Å². The summed E-state index contributed by atoms with van der Waals surface area (Å²) >= 11 is 0. The summed E-state index contributed by atoms with van der Waals surface area (Å²) in [5, 5.41) is 14.8.